The Bertz CT molecular complexity index is 924. The molecule has 132 valence electrons. The Morgan fingerprint density at radius 2 is 1.88 bits per heavy atom. The summed E-state index contributed by atoms with van der Waals surface area (Å²) in [5, 5.41) is 2.78. The number of amides is 1. The zero-order valence-corrected chi connectivity index (χ0v) is 15.1. The highest BCUT2D eigenvalue weighted by molar-refractivity contribution is 7.92. The highest BCUT2D eigenvalue weighted by atomic mass is 32.2. The van der Waals surface area contributed by atoms with Crippen LogP contribution in [0.25, 0.3) is 0 Å². The molecule has 2 aromatic carbocycles. The molecule has 1 heterocycles. The lowest BCUT2D eigenvalue weighted by Crippen LogP contribution is -2.48. The number of nitrogens with zero attached hydrogens (tertiary/aromatic N) is 1. The van der Waals surface area contributed by atoms with Gasteiger partial charge in [0, 0.05) is 5.69 Å². The van der Waals surface area contributed by atoms with E-state index in [0.717, 1.165) is 17.4 Å². The molecular weight excluding hydrogens is 340 g/mol. The molecule has 1 aliphatic heterocycles. The summed E-state index contributed by atoms with van der Waals surface area (Å²) in [5.41, 5.74) is 3.04. The molecule has 0 saturated heterocycles. The van der Waals surface area contributed by atoms with E-state index < -0.39 is 16.1 Å². The van der Waals surface area contributed by atoms with Gasteiger partial charge in [0.15, 0.2) is 6.10 Å². The van der Waals surface area contributed by atoms with Crippen LogP contribution in [0.3, 0.4) is 0 Å². The number of aryl methyl sites for hydroxylation is 2. The van der Waals surface area contributed by atoms with Gasteiger partial charge in [-0.15, -0.1) is 0 Å². The molecule has 6 nitrogen and oxygen atoms in total. The van der Waals surface area contributed by atoms with E-state index in [0.29, 0.717) is 17.1 Å². The van der Waals surface area contributed by atoms with Crippen molar-refractivity contribution in [3.8, 4) is 5.75 Å². The number of nitrogens with one attached hydrogen (secondary N) is 1. The quantitative estimate of drug-likeness (QED) is 0.912. The standard InChI is InChI=1S/C18H20N2O4S/c1-12-5-4-6-14(9-12)19-18(21)17-11-20(25(3,22)23)15-10-13(2)7-8-16(15)24-17/h4-10,17H,11H2,1-3H3,(H,19,21)/t17-/m1/s1. The van der Waals surface area contributed by atoms with E-state index in [2.05, 4.69) is 5.32 Å². The van der Waals surface area contributed by atoms with Crippen molar-refractivity contribution in [1.82, 2.24) is 0 Å². The first-order valence-corrected chi connectivity index (χ1v) is 9.71. The van der Waals surface area contributed by atoms with Crippen LogP contribution in [0.2, 0.25) is 0 Å². The topological polar surface area (TPSA) is 75.7 Å². The first kappa shape index (κ1) is 17.3. The first-order chi connectivity index (χ1) is 11.7. The number of ether oxygens (including phenoxy) is 1. The molecule has 3 rings (SSSR count). The second-order valence-corrected chi connectivity index (χ2v) is 8.14. The van der Waals surface area contributed by atoms with E-state index in [1.807, 2.05) is 38.1 Å². The highest BCUT2D eigenvalue weighted by Gasteiger charge is 2.35. The van der Waals surface area contributed by atoms with Crippen LogP contribution in [-0.4, -0.2) is 33.2 Å². The summed E-state index contributed by atoms with van der Waals surface area (Å²) in [6, 6.07) is 12.6. The number of fused-ring (bicyclic) bond motifs is 1. The normalized spacial score (nSPS) is 16.8. The lowest BCUT2D eigenvalue weighted by atomic mass is 10.1. The van der Waals surface area contributed by atoms with Gasteiger partial charge in [-0.25, -0.2) is 8.42 Å². The van der Waals surface area contributed by atoms with Crippen molar-refractivity contribution in [2.45, 2.75) is 20.0 Å². The molecule has 1 amide bonds. The molecule has 25 heavy (non-hydrogen) atoms. The molecule has 1 N–H and O–H groups in total. The fourth-order valence-electron chi connectivity index (χ4n) is 2.76. The van der Waals surface area contributed by atoms with Gasteiger partial charge >= 0.3 is 0 Å². The highest BCUT2D eigenvalue weighted by Crippen LogP contribution is 2.35. The molecule has 0 unspecified atom stereocenters. The summed E-state index contributed by atoms with van der Waals surface area (Å²) < 4.78 is 31.3. The maximum absolute atomic E-state index is 12.6. The smallest absolute Gasteiger partial charge is 0.267 e. The SMILES string of the molecule is Cc1cccc(NC(=O)[C@H]2CN(S(C)(=O)=O)c3cc(C)ccc3O2)c1. The molecule has 1 atom stereocenters. The average Bonchev–Trinajstić information content (AvgIpc) is 2.52. The van der Waals surface area contributed by atoms with Crippen LogP contribution in [-0.2, 0) is 14.8 Å². The van der Waals surface area contributed by atoms with E-state index in [1.165, 1.54) is 4.31 Å². The van der Waals surface area contributed by atoms with E-state index >= 15 is 0 Å². The van der Waals surface area contributed by atoms with Crippen molar-refractivity contribution < 1.29 is 17.9 Å². The predicted molar refractivity (Wildman–Crippen MR) is 97.6 cm³/mol. The first-order valence-electron chi connectivity index (χ1n) is 7.86. The van der Waals surface area contributed by atoms with E-state index in [-0.39, 0.29) is 12.5 Å². The van der Waals surface area contributed by atoms with Crippen molar-refractivity contribution >= 4 is 27.3 Å². The third kappa shape index (κ3) is 3.76. The fraction of sp³-hybridized carbons (Fsp3) is 0.278. The van der Waals surface area contributed by atoms with Gasteiger partial charge in [-0.05, 0) is 49.2 Å². The van der Waals surface area contributed by atoms with Crippen LogP contribution in [0.4, 0.5) is 11.4 Å². The zero-order chi connectivity index (χ0) is 18.2. The summed E-state index contributed by atoms with van der Waals surface area (Å²) in [7, 11) is -3.53. The van der Waals surface area contributed by atoms with Gasteiger partial charge in [0.05, 0.1) is 18.5 Å². The Labute approximate surface area is 147 Å². The van der Waals surface area contributed by atoms with Crippen molar-refractivity contribution in [3.63, 3.8) is 0 Å². The van der Waals surface area contributed by atoms with Gasteiger partial charge in [-0.3, -0.25) is 9.10 Å². The molecular formula is C18H20N2O4S. The number of anilines is 2. The summed E-state index contributed by atoms with van der Waals surface area (Å²) >= 11 is 0. The molecule has 7 heteroatoms. The summed E-state index contributed by atoms with van der Waals surface area (Å²) in [4.78, 5) is 12.6. The van der Waals surface area contributed by atoms with E-state index in [1.54, 1.807) is 18.2 Å². The van der Waals surface area contributed by atoms with Crippen molar-refractivity contribution in [2.75, 3.05) is 22.4 Å². The number of benzene rings is 2. The van der Waals surface area contributed by atoms with Crippen LogP contribution in [0.15, 0.2) is 42.5 Å². The van der Waals surface area contributed by atoms with Crippen molar-refractivity contribution in [2.24, 2.45) is 0 Å². The molecule has 0 spiro atoms. The fourth-order valence-corrected chi connectivity index (χ4v) is 3.66. The number of sulfonamides is 1. The Morgan fingerprint density at radius 3 is 2.56 bits per heavy atom. The number of hydrogen-bond acceptors (Lipinski definition) is 4. The Kier molecular flexibility index (Phi) is 4.43. The molecule has 1 aliphatic rings. The molecule has 0 radical (unpaired) electrons. The van der Waals surface area contributed by atoms with Crippen molar-refractivity contribution in [3.05, 3.63) is 53.6 Å². The third-order valence-corrected chi connectivity index (χ3v) is 5.11. The molecule has 0 aromatic heterocycles. The van der Waals surface area contributed by atoms with Gasteiger partial charge in [-0.1, -0.05) is 18.2 Å². The van der Waals surface area contributed by atoms with Crippen LogP contribution in [0, 0.1) is 13.8 Å². The van der Waals surface area contributed by atoms with Crippen molar-refractivity contribution in [1.29, 1.82) is 0 Å². The van der Waals surface area contributed by atoms with Crippen LogP contribution < -0.4 is 14.4 Å². The van der Waals surface area contributed by atoms with Gasteiger partial charge in [0.2, 0.25) is 10.0 Å². The molecule has 0 saturated carbocycles. The number of hydrogen-bond donors (Lipinski definition) is 1. The lowest BCUT2D eigenvalue weighted by Gasteiger charge is -2.34. The van der Waals surface area contributed by atoms with Gasteiger partial charge in [0.25, 0.3) is 5.91 Å². The zero-order valence-electron chi connectivity index (χ0n) is 14.3. The number of carbonyl (C=O) groups is 1. The van der Waals surface area contributed by atoms with Gasteiger partial charge < -0.3 is 10.1 Å². The Hall–Kier alpha value is -2.54. The van der Waals surface area contributed by atoms with E-state index in [9.17, 15) is 13.2 Å². The minimum Gasteiger partial charge on any atom is -0.476 e. The molecule has 0 bridgehead atoms. The largest absolute Gasteiger partial charge is 0.476 e. The third-order valence-electron chi connectivity index (χ3n) is 3.96. The Morgan fingerprint density at radius 1 is 1.16 bits per heavy atom. The Balaban J connectivity index is 1.89. The van der Waals surface area contributed by atoms with E-state index in [4.69, 9.17) is 4.74 Å². The maximum Gasteiger partial charge on any atom is 0.267 e. The molecule has 0 aliphatic carbocycles. The minimum atomic E-state index is -3.53. The average molecular weight is 360 g/mol. The monoisotopic (exact) mass is 360 g/mol. The molecule has 0 fully saturated rings. The predicted octanol–water partition coefficient (Wildman–Crippen LogP) is 2.47. The van der Waals surface area contributed by atoms with Gasteiger partial charge in [-0.2, -0.15) is 0 Å². The molecule has 2 aromatic rings. The second kappa shape index (κ2) is 6.40. The van der Waals surface area contributed by atoms with Crippen LogP contribution in [0.5, 0.6) is 5.75 Å². The number of carbonyl (C=O) groups excluding carboxylic acids is 1. The second-order valence-electron chi connectivity index (χ2n) is 6.23. The van der Waals surface area contributed by atoms with Crippen LogP contribution in [0.1, 0.15) is 11.1 Å². The number of rotatable bonds is 3. The maximum atomic E-state index is 12.6. The lowest BCUT2D eigenvalue weighted by molar-refractivity contribution is -0.122. The van der Waals surface area contributed by atoms with Crippen LogP contribution >= 0.6 is 0 Å². The van der Waals surface area contributed by atoms with Gasteiger partial charge in [0.1, 0.15) is 5.75 Å². The summed E-state index contributed by atoms with van der Waals surface area (Å²) in [5.74, 6) is -0.00265. The minimum absolute atomic E-state index is 0.0626. The summed E-state index contributed by atoms with van der Waals surface area (Å²) in [6.07, 6.45) is 0.199. The summed E-state index contributed by atoms with van der Waals surface area (Å²) in [6.45, 7) is 3.74.